The zero-order valence-corrected chi connectivity index (χ0v) is 16.9. The summed E-state index contributed by atoms with van der Waals surface area (Å²) in [6.45, 7) is 0.684. The molecule has 3 aromatic rings. The number of carbonyl (C=O) groups is 1. The summed E-state index contributed by atoms with van der Waals surface area (Å²) in [4.78, 5) is 16.4. The van der Waals surface area contributed by atoms with Gasteiger partial charge in [0.1, 0.15) is 6.54 Å². The van der Waals surface area contributed by atoms with Crippen LogP contribution in [0.5, 0.6) is 0 Å². The molecule has 0 fully saturated rings. The Morgan fingerprint density at radius 1 is 1.21 bits per heavy atom. The monoisotopic (exact) mass is 439 g/mol. The third kappa shape index (κ3) is 5.77. The molecule has 9 heteroatoms. The number of hydrogen-bond donors (Lipinski definition) is 1. The Morgan fingerprint density at radius 2 is 1.93 bits per heavy atom. The van der Waals surface area contributed by atoms with Crippen LogP contribution >= 0.6 is 23.4 Å². The molecule has 1 heterocycles. The van der Waals surface area contributed by atoms with E-state index in [4.69, 9.17) is 11.6 Å². The molecule has 0 aliphatic heterocycles. The standard InChI is InChI=1S/C20H17ClF3N3OS/c1-13-7-8-16(15(21)9-13)26-18(28)11-29-19-25-10-17(14-5-3-2-4-6-14)27(19)12-20(22,23)24/h2-10H,11-12H2,1H3,(H,26,28). The molecule has 0 spiro atoms. The second-order valence-electron chi connectivity index (χ2n) is 6.31. The Kier molecular flexibility index (Phi) is 6.54. The predicted octanol–water partition coefficient (Wildman–Crippen LogP) is 5.81. The molecule has 0 aliphatic carbocycles. The lowest BCUT2D eigenvalue weighted by molar-refractivity contribution is -0.141. The van der Waals surface area contributed by atoms with Crippen LogP contribution in [0.3, 0.4) is 0 Å². The SMILES string of the molecule is Cc1ccc(NC(=O)CSc2ncc(-c3ccccc3)n2CC(F)(F)F)c(Cl)c1. The number of carbonyl (C=O) groups excluding carboxylic acids is 1. The van der Waals surface area contributed by atoms with Crippen LogP contribution in [-0.4, -0.2) is 27.4 Å². The number of imidazole rings is 1. The normalized spacial score (nSPS) is 11.5. The van der Waals surface area contributed by atoms with Gasteiger partial charge in [-0.05, 0) is 30.2 Å². The quantitative estimate of drug-likeness (QED) is 0.493. The van der Waals surface area contributed by atoms with Crippen molar-refractivity contribution < 1.29 is 18.0 Å². The zero-order chi connectivity index (χ0) is 21.0. The van der Waals surface area contributed by atoms with E-state index >= 15 is 0 Å². The Labute approximate surface area is 175 Å². The molecular formula is C20H17ClF3N3OS. The number of anilines is 1. The smallest absolute Gasteiger partial charge is 0.324 e. The molecule has 0 unspecified atom stereocenters. The summed E-state index contributed by atoms with van der Waals surface area (Å²) in [5.74, 6) is -0.489. The number of amides is 1. The summed E-state index contributed by atoms with van der Waals surface area (Å²) >= 11 is 7.03. The van der Waals surface area contributed by atoms with Crippen molar-refractivity contribution in [1.29, 1.82) is 0 Å². The van der Waals surface area contributed by atoms with Gasteiger partial charge in [0, 0.05) is 0 Å². The lowest BCUT2D eigenvalue weighted by Gasteiger charge is -2.14. The second-order valence-corrected chi connectivity index (χ2v) is 7.66. The minimum atomic E-state index is -4.42. The molecule has 0 radical (unpaired) electrons. The Balaban J connectivity index is 1.76. The highest BCUT2D eigenvalue weighted by Crippen LogP contribution is 2.30. The van der Waals surface area contributed by atoms with E-state index < -0.39 is 12.7 Å². The second kappa shape index (κ2) is 8.92. The van der Waals surface area contributed by atoms with Gasteiger partial charge >= 0.3 is 6.18 Å². The molecule has 0 saturated heterocycles. The molecule has 2 aromatic carbocycles. The molecule has 0 bridgehead atoms. The van der Waals surface area contributed by atoms with E-state index in [0.717, 1.165) is 21.9 Å². The van der Waals surface area contributed by atoms with Crippen LogP contribution in [0.4, 0.5) is 18.9 Å². The van der Waals surface area contributed by atoms with E-state index in [1.807, 2.05) is 6.92 Å². The third-order valence-electron chi connectivity index (χ3n) is 3.96. The maximum Gasteiger partial charge on any atom is 0.406 e. The minimum absolute atomic E-state index is 0.104. The molecule has 1 amide bonds. The van der Waals surface area contributed by atoms with E-state index in [1.54, 1.807) is 48.5 Å². The Hall–Kier alpha value is -2.45. The number of rotatable bonds is 6. The fourth-order valence-corrected chi connectivity index (χ4v) is 3.74. The van der Waals surface area contributed by atoms with Gasteiger partial charge in [-0.25, -0.2) is 4.98 Å². The molecule has 152 valence electrons. The first-order chi connectivity index (χ1) is 13.7. The van der Waals surface area contributed by atoms with Gasteiger partial charge in [-0.15, -0.1) is 0 Å². The number of aryl methyl sites for hydroxylation is 1. The van der Waals surface area contributed by atoms with Gasteiger partial charge in [0.05, 0.1) is 28.4 Å². The summed E-state index contributed by atoms with van der Waals surface area (Å²) < 4.78 is 40.4. The third-order valence-corrected chi connectivity index (χ3v) is 5.26. The van der Waals surface area contributed by atoms with Crippen LogP contribution in [0.25, 0.3) is 11.3 Å². The fourth-order valence-electron chi connectivity index (χ4n) is 2.68. The van der Waals surface area contributed by atoms with E-state index in [1.165, 1.54) is 6.20 Å². The van der Waals surface area contributed by atoms with Crippen LogP contribution in [-0.2, 0) is 11.3 Å². The molecule has 1 aromatic heterocycles. The van der Waals surface area contributed by atoms with Gasteiger partial charge in [-0.3, -0.25) is 4.79 Å². The van der Waals surface area contributed by atoms with Crippen molar-refractivity contribution in [2.45, 2.75) is 24.8 Å². The zero-order valence-electron chi connectivity index (χ0n) is 15.3. The van der Waals surface area contributed by atoms with Crippen molar-refractivity contribution in [3.8, 4) is 11.3 Å². The molecule has 29 heavy (non-hydrogen) atoms. The Bertz CT molecular complexity index is 1010. The van der Waals surface area contributed by atoms with E-state index in [0.29, 0.717) is 22.0 Å². The molecule has 0 atom stereocenters. The number of halogens is 4. The largest absolute Gasteiger partial charge is 0.406 e. The number of hydrogen-bond acceptors (Lipinski definition) is 3. The average molecular weight is 440 g/mol. The first-order valence-corrected chi connectivity index (χ1v) is 9.96. The van der Waals surface area contributed by atoms with Crippen molar-refractivity contribution >= 4 is 35.0 Å². The molecule has 3 rings (SSSR count). The molecule has 4 nitrogen and oxygen atoms in total. The average Bonchev–Trinajstić information content (AvgIpc) is 3.04. The number of aromatic nitrogens is 2. The minimum Gasteiger partial charge on any atom is -0.324 e. The lowest BCUT2D eigenvalue weighted by Crippen LogP contribution is -2.20. The van der Waals surface area contributed by atoms with E-state index in [2.05, 4.69) is 10.3 Å². The molecular weight excluding hydrogens is 423 g/mol. The van der Waals surface area contributed by atoms with Crippen LogP contribution in [0.1, 0.15) is 5.56 Å². The van der Waals surface area contributed by atoms with Gasteiger partial charge in [0.2, 0.25) is 5.91 Å². The summed E-state index contributed by atoms with van der Waals surface area (Å²) in [7, 11) is 0. The van der Waals surface area contributed by atoms with Crippen LogP contribution in [0, 0.1) is 6.92 Å². The van der Waals surface area contributed by atoms with Crippen molar-refractivity contribution in [3.63, 3.8) is 0 Å². The fraction of sp³-hybridized carbons (Fsp3) is 0.200. The first kappa shape index (κ1) is 21.3. The van der Waals surface area contributed by atoms with Gasteiger partial charge < -0.3 is 9.88 Å². The van der Waals surface area contributed by atoms with Gasteiger partial charge in [-0.1, -0.05) is 59.8 Å². The highest BCUT2D eigenvalue weighted by molar-refractivity contribution is 7.99. The van der Waals surface area contributed by atoms with E-state index in [-0.39, 0.29) is 16.8 Å². The van der Waals surface area contributed by atoms with Crippen molar-refractivity contribution in [1.82, 2.24) is 9.55 Å². The van der Waals surface area contributed by atoms with Crippen molar-refractivity contribution in [2.24, 2.45) is 0 Å². The van der Waals surface area contributed by atoms with Crippen molar-refractivity contribution in [3.05, 3.63) is 65.3 Å². The summed E-state index contributed by atoms with van der Waals surface area (Å²) in [5, 5.41) is 3.18. The molecule has 1 N–H and O–H groups in total. The molecule has 0 aliphatic rings. The first-order valence-electron chi connectivity index (χ1n) is 8.59. The van der Waals surface area contributed by atoms with Crippen LogP contribution < -0.4 is 5.32 Å². The summed E-state index contributed by atoms with van der Waals surface area (Å²) in [6.07, 6.45) is -3.03. The lowest BCUT2D eigenvalue weighted by atomic mass is 10.2. The number of nitrogens with one attached hydrogen (secondary N) is 1. The number of alkyl halides is 3. The molecule has 0 saturated carbocycles. The van der Waals surface area contributed by atoms with Gasteiger partial charge in [-0.2, -0.15) is 13.2 Å². The summed E-state index contributed by atoms with van der Waals surface area (Å²) in [6, 6.07) is 13.9. The maximum atomic E-state index is 13.1. The van der Waals surface area contributed by atoms with Gasteiger partial charge in [0.25, 0.3) is 0 Å². The van der Waals surface area contributed by atoms with E-state index in [9.17, 15) is 18.0 Å². The van der Waals surface area contributed by atoms with Crippen molar-refractivity contribution in [2.75, 3.05) is 11.1 Å². The highest BCUT2D eigenvalue weighted by atomic mass is 35.5. The topological polar surface area (TPSA) is 46.9 Å². The predicted molar refractivity (Wildman–Crippen MR) is 109 cm³/mol. The van der Waals surface area contributed by atoms with Crippen LogP contribution in [0.2, 0.25) is 5.02 Å². The van der Waals surface area contributed by atoms with Gasteiger partial charge in [0.15, 0.2) is 5.16 Å². The van der Waals surface area contributed by atoms with Crippen LogP contribution in [0.15, 0.2) is 59.9 Å². The Morgan fingerprint density at radius 3 is 2.59 bits per heavy atom. The number of nitrogens with zero attached hydrogens (tertiary/aromatic N) is 2. The maximum absolute atomic E-state index is 13.1. The number of thioether (sulfide) groups is 1. The summed E-state index contributed by atoms with van der Waals surface area (Å²) in [5.41, 5.74) is 2.36. The highest BCUT2D eigenvalue weighted by Gasteiger charge is 2.31. The number of benzene rings is 2.